The second kappa shape index (κ2) is 16.6. The van der Waals surface area contributed by atoms with Crippen molar-refractivity contribution in [3.8, 4) is 5.75 Å². The molecule has 3 fully saturated rings. The highest BCUT2D eigenvalue weighted by Crippen LogP contribution is 2.46. The minimum absolute atomic E-state index is 0.0996. The van der Waals surface area contributed by atoms with Gasteiger partial charge < -0.3 is 34.5 Å². The Labute approximate surface area is 328 Å². The molecule has 0 radical (unpaired) electrons. The fourth-order valence-electron chi connectivity index (χ4n) is 7.88. The van der Waals surface area contributed by atoms with Crippen LogP contribution < -0.4 is 20.1 Å². The Morgan fingerprint density at radius 3 is 2.52 bits per heavy atom. The number of rotatable bonds is 8. The molecule has 1 saturated heterocycles. The Hall–Kier alpha value is -4.38. The molecule has 3 N–H and O–H groups in total. The molecule has 3 heterocycles. The minimum Gasteiger partial charge on any atom is -0.497 e. The van der Waals surface area contributed by atoms with Crippen molar-refractivity contribution >= 4 is 39.9 Å². The molecule has 6 rings (SSSR count). The van der Waals surface area contributed by atoms with Crippen molar-refractivity contribution in [2.24, 2.45) is 5.92 Å². The van der Waals surface area contributed by atoms with Gasteiger partial charge in [0.15, 0.2) is 0 Å². The lowest BCUT2D eigenvalue weighted by atomic mass is 9.93. The van der Waals surface area contributed by atoms with Crippen LogP contribution in [0.4, 0.5) is 9.59 Å². The summed E-state index contributed by atoms with van der Waals surface area (Å²) >= 11 is 0. The van der Waals surface area contributed by atoms with Gasteiger partial charge in [0.25, 0.3) is 5.91 Å². The summed E-state index contributed by atoms with van der Waals surface area (Å²) in [5.74, 6) is -1.86. The summed E-state index contributed by atoms with van der Waals surface area (Å²) in [5, 5.41) is 4.88. The average Bonchev–Trinajstić information content (AvgIpc) is 4.06. The first-order valence-electron chi connectivity index (χ1n) is 19.5. The van der Waals surface area contributed by atoms with E-state index >= 15 is 0 Å². The standard InChI is InChI=1S/C39H55N5O11S/c1-38(2,3)55-36(48)40-30-12-10-8-6-7-9-11-25-21-39(25,35(47)42-56(50,51)28-14-15-28)41-33(45)31-20-27(22-44(31)34(30)46)54-37(49)43-18-17-24-19-26(53-5)13-16-29(24)32(43)23-52-4/h9,11,13,16,19,25,27-28,30-32H,6-8,10,12,14-15,17-18,20-23H2,1-5H3,(H,40,48)(H,41,45)(H,42,47)/t25-,27-,30+,31+,32?,39-/m1/s1. The molecule has 1 aromatic carbocycles. The SMILES string of the molecule is COCC1c2ccc(OC)cc2CCN1C(=O)O[C@@H]1C[C@H]2C(=O)N[C@]3(C(=O)NS(=O)(=O)C4CC4)C[C@H]3C=CCCCCC[C@H](NC(=O)OC(C)(C)C)C(=O)N2C1. The number of sulfonamides is 1. The van der Waals surface area contributed by atoms with Gasteiger partial charge in [-0.25, -0.2) is 18.0 Å². The lowest BCUT2D eigenvalue weighted by Gasteiger charge is -2.37. The molecule has 6 atom stereocenters. The summed E-state index contributed by atoms with van der Waals surface area (Å²) in [7, 11) is -0.787. The highest BCUT2D eigenvalue weighted by atomic mass is 32.2. The number of hydrogen-bond donors (Lipinski definition) is 3. The first kappa shape index (κ1) is 41.3. The van der Waals surface area contributed by atoms with Crippen molar-refractivity contribution in [1.82, 2.24) is 25.2 Å². The first-order valence-corrected chi connectivity index (χ1v) is 21.1. The number of fused-ring (bicyclic) bond motifs is 3. The summed E-state index contributed by atoms with van der Waals surface area (Å²) in [6.07, 6.45) is 5.92. The van der Waals surface area contributed by atoms with Gasteiger partial charge in [-0.15, -0.1) is 0 Å². The zero-order valence-electron chi connectivity index (χ0n) is 32.8. The minimum atomic E-state index is -3.92. The number of carbonyl (C=O) groups is 5. The number of alkyl carbamates (subject to hydrolysis) is 1. The van der Waals surface area contributed by atoms with Crippen LogP contribution in [0.2, 0.25) is 0 Å². The lowest BCUT2D eigenvalue weighted by Crippen LogP contribution is -2.58. The van der Waals surface area contributed by atoms with Crippen molar-refractivity contribution in [2.75, 3.05) is 33.9 Å². The average molecular weight is 802 g/mol. The van der Waals surface area contributed by atoms with Crippen LogP contribution >= 0.6 is 0 Å². The molecule has 2 saturated carbocycles. The second-order valence-electron chi connectivity index (χ2n) is 16.4. The van der Waals surface area contributed by atoms with Crippen LogP contribution in [0, 0.1) is 5.92 Å². The number of methoxy groups -OCH3 is 2. The zero-order chi connectivity index (χ0) is 40.4. The molecule has 0 bridgehead atoms. The lowest BCUT2D eigenvalue weighted by molar-refractivity contribution is -0.141. The summed E-state index contributed by atoms with van der Waals surface area (Å²) in [4.78, 5) is 72.4. The van der Waals surface area contributed by atoms with Gasteiger partial charge in [-0.05, 0) is 89.0 Å². The van der Waals surface area contributed by atoms with Gasteiger partial charge in [0, 0.05) is 26.0 Å². The number of nitrogens with one attached hydrogen (secondary N) is 3. The summed E-state index contributed by atoms with van der Waals surface area (Å²) < 4.78 is 50.3. The van der Waals surface area contributed by atoms with Gasteiger partial charge in [0.1, 0.15) is 35.1 Å². The molecular weight excluding hydrogens is 747 g/mol. The van der Waals surface area contributed by atoms with E-state index in [9.17, 15) is 32.4 Å². The number of allylic oxidation sites excluding steroid dienone is 1. The van der Waals surface area contributed by atoms with Crippen LogP contribution in [-0.4, -0.2) is 117 Å². The van der Waals surface area contributed by atoms with Gasteiger partial charge in [0.05, 0.1) is 31.6 Å². The third kappa shape index (κ3) is 9.41. The molecular formula is C39H55N5O11S. The molecule has 16 nitrogen and oxygen atoms in total. The topological polar surface area (TPSA) is 199 Å². The number of ether oxygens (including phenoxy) is 4. The van der Waals surface area contributed by atoms with E-state index in [2.05, 4.69) is 15.4 Å². The smallest absolute Gasteiger partial charge is 0.410 e. The molecule has 56 heavy (non-hydrogen) atoms. The molecule has 1 aromatic rings. The molecule has 308 valence electrons. The van der Waals surface area contributed by atoms with Crippen molar-refractivity contribution in [3.63, 3.8) is 0 Å². The number of hydrogen-bond acceptors (Lipinski definition) is 11. The van der Waals surface area contributed by atoms with Crippen molar-refractivity contribution in [2.45, 2.75) is 126 Å². The second-order valence-corrected chi connectivity index (χ2v) is 18.4. The molecule has 2 aliphatic carbocycles. The van der Waals surface area contributed by atoms with Crippen LogP contribution in [0.1, 0.15) is 95.7 Å². The van der Waals surface area contributed by atoms with E-state index in [4.69, 9.17) is 18.9 Å². The van der Waals surface area contributed by atoms with E-state index in [1.807, 2.05) is 30.4 Å². The van der Waals surface area contributed by atoms with E-state index in [-0.39, 0.29) is 32.4 Å². The maximum Gasteiger partial charge on any atom is 0.410 e. The van der Waals surface area contributed by atoms with Crippen LogP contribution in [-0.2, 0) is 45.0 Å². The number of benzene rings is 1. The largest absolute Gasteiger partial charge is 0.497 e. The van der Waals surface area contributed by atoms with E-state index < -0.39 is 86.5 Å². The van der Waals surface area contributed by atoms with Gasteiger partial charge >= 0.3 is 12.2 Å². The van der Waals surface area contributed by atoms with Crippen LogP contribution in [0.3, 0.4) is 0 Å². The van der Waals surface area contributed by atoms with E-state index in [1.165, 1.54) is 4.90 Å². The van der Waals surface area contributed by atoms with Gasteiger partial charge in [-0.2, -0.15) is 0 Å². The third-order valence-corrected chi connectivity index (χ3v) is 12.9. The monoisotopic (exact) mass is 801 g/mol. The predicted octanol–water partition coefficient (Wildman–Crippen LogP) is 3.24. The maximum atomic E-state index is 14.5. The van der Waals surface area contributed by atoms with E-state index in [0.717, 1.165) is 24.0 Å². The van der Waals surface area contributed by atoms with Crippen molar-refractivity contribution < 1.29 is 51.3 Å². The van der Waals surface area contributed by atoms with E-state index in [0.29, 0.717) is 44.4 Å². The molecule has 5 amide bonds. The van der Waals surface area contributed by atoms with Crippen LogP contribution in [0.15, 0.2) is 30.4 Å². The quantitative estimate of drug-likeness (QED) is 0.326. The Bertz CT molecular complexity index is 1830. The van der Waals surface area contributed by atoms with Crippen LogP contribution in [0.5, 0.6) is 5.75 Å². The molecule has 3 aliphatic heterocycles. The Morgan fingerprint density at radius 1 is 1.05 bits per heavy atom. The molecule has 0 aromatic heterocycles. The van der Waals surface area contributed by atoms with Crippen molar-refractivity contribution in [1.29, 1.82) is 0 Å². The van der Waals surface area contributed by atoms with Crippen LogP contribution in [0.25, 0.3) is 0 Å². The molecule has 17 heteroatoms. The fourth-order valence-corrected chi connectivity index (χ4v) is 9.24. The third-order valence-electron chi connectivity index (χ3n) is 11.1. The summed E-state index contributed by atoms with van der Waals surface area (Å²) in [5.41, 5.74) is -0.478. The maximum absolute atomic E-state index is 14.5. The van der Waals surface area contributed by atoms with Gasteiger partial charge in [0.2, 0.25) is 21.8 Å². The van der Waals surface area contributed by atoms with Gasteiger partial charge in [-0.1, -0.05) is 31.1 Å². The highest BCUT2D eigenvalue weighted by Gasteiger charge is 2.62. The summed E-state index contributed by atoms with van der Waals surface area (Å²) in [6, 6.07) is 2.90. The Balaban J connectivity index is 1.27. The predicted molar refractivity (Wildman–Crippen MR) is 203 cm³/mol. The number of amides is 5. The normalized spacial score (nSPS) is 28.3. The summed E-state index contributed by atoms with van der Waals surface area (Å²) in [6.45, 7) is 5.48. The molecule has 0 spiro atoms. The molecule has 1 unspecified atom stereocenters. The number of nitrogens with zero attached hydrogens (tertiary/aromatic N) is 2. The number of carbonyl (C=O) groups excluding carboxylic acids is 5. The Morgan fingerprint density at radius 2 is 1.82 bits per heavy atom. The van der Waals surface area contributed by atoms with Crippen molar-refractivity contribution in [3.05, 3.63) is 41.5 Å². The fraction of sp³-hybridized carbons (Fsp3) is 0.667. The van der Waals surface area contributed by atoms with Gasteiger partial charge in [-0.3, -0.25) is 24.0 Å². The zero-order valence-corrected chi connectivity index (χ0v) is 33.7. The first-order chi connectivity index (χ1) is 26.5. The molecule has 5 aliphatic rings. The Kier molecular flexibility index (Phi) is 12.2. The van der Waals surface area contributed by atoms with E-state index in [1.54, 1.807) is 39.9 Å². The highest BCUT2D eigenvalue weighted by molar-refractivity contribution is 7.91.